The molecule has 0 saturated heterocycles. The van der Waals surface area contributed by atoms with Gasteiger partial charge in [-0.25, -0.2) is 5.84 Å². The Morgan fingerprint density at radius 3 is 2.50 bits per heavy atom. The van der Waals surface area contributed by atoms with Crippen LogP contribution in [-0.4, -0.2) is 33.5 Å². The van der Waals surface area contributed by atoms with E-state index in [1.807, 2.05) is 41.0 Å². The number of amides is 1. The highest BCUT2D eigenvalue weighted by molar-refractivity contribution is 7.99. The van der Waals surface area contributed by atoms with E-state index in [9.17, 15) is 4.79 Å². The molecule has 0 bridgehead atoms. The van der Waals surface area contributed by atoms with Crippen LogP contribution in [0.4, 0.5) is 0 Å². The van der Waals surface area contributed by atoms with Gasteiger partial charge in [0.1, 0.15) is 5.75 Å². The molecule has 2 aromatic carbocycles. The van der Waals surface area contributed by atoms with Crippen LogP contribution in [-0.2, 0) is 4.79 Å². The molecule has 0 fully saturated rings. The molecule has 7 nitrogen and oxygen atoms in total. The summed E-state index contributed by atoms with van der Waals surface area (Å²) in [5, 5.41) is 9.73. The Hall–Kier alpha value is -2.55. The molecule has 134 valence electrons. The Morgan fingerprint density at radius 2 is 1.88 bits per heavy atom. The van der Waals surface area contributed by atoms with Crippen LogP contribution in [0.15, 0.2) is 53.7 Å². The van der Waals surface area contributed by atoms with Gasteiger partial charge in [-0.05, 0) is 48.5 Å². The molecule has 0 spiro atoms. The lowest BCUT2D eigenvalue weighted by Crippen LogP contribution is -2.31. The summed E-state index contributed by atoms with van der Waals surface area (Å²) in [5.74, 6) is 6.37. The van der Waals surface area contributed by atoms with E-state index in [4.69, 9.17) is 22.2 Å². The Bertz CT molecular complexity index is 897. The Balaban J connectivity index is 2.04. The smallest absolute Gasteiger partial charge is 0.244 e. The van der Waals surface area contributed by atoms with Crippen LogP contribution in [0.3, 0.4) is 0 Å². The van der Waals surface area contributed by atoms with Crippen molar-refractivity contribution < 1.29 is 9.53 Å². The van der Waals surface area contributed by atoms with Gasteiger partial charge in [0.15, 0.2) is 11.0 Å². The number of halogens is 1. The van der Waals surface area contributed by atoms with Crippen LogP contribution in [0.2, 0.25) is 5.02 Å². The van der Waals surface area contributed by atoms with E-state index in [1.54, 1.807) is 19.2 Å². The molecule has 0 aliphatic heterocycles. The minimum Gasteiger partial charge on any atom is -0.497 e. The number of thioether (sulfide) groups is 1. The quantitative estimate of drug-likeness (QED) is 0.291. The fraction of sp³-hybridized carbons (Fsp3) is 0.118. The lowest BCUT2D eigenvalue weighted by atomic mass is 10.2. The van der Waals surface area contributed by atoms with Crippen molar-refractivity contribution in [3.63, 3.8) is 0 Å². The van der Waals surface area contributed by atoms with E-state index < -0.39 is 0 Å². The van der Waals surface area contributed by atoms with Crippen LogP contribution >= 0.6 is 23.4 Å². The molecule has 1 aromatic heterocycles. The number of carbonyl (C=O) groups excluding carboxylic acids is 1. The van der Waals surface area contributed by atoms with E-state index >= 15 is 0 Å². The van der Waals surface area contributed by atoms with Crippen LogP contribution < -0.4 is 16.0 Å². The molecule has 3 rings (SSSR count). The summed E-state index contributed by atoms with van der Waals surface area (Å²) in [6.07, 6.45) is 0. The van der Waals surface area contributed by atoms with Crippen molar-refractivity contribution in [3.8, 4) is 22.8 Å². The summed E-state index contributed by atoms with van der Waals surface area (Å²) >= 11 is 7.24. The number of ether oxygens (including phenoxy) is 1. The highest BCUT2D eigenvalue weighted by Gasteiger charge is 2.17. The number of nitrogens with zero attached hydrogens (tertiary/aromatic N) is 3. The fourth-order valence-electron chi connectivity index (χ4n) is 2.29. The van der Waals surface area contributed by atoms with Crippen molar-refractivity contribution in [2.24, 2.45) is 5.84 Å². The van der Waals surface area contributed by atoms with Gasteiger partial charge in [0, 0.05) is 16.3 Å². The first-order valence-electron chi connectivity index (χ1n) is 7.60. The third-order valence-corrected chi connectivity index (χ3v) is 4.74. The molecule has 0 saturated carbocycles. The van der Waals surface area contributed by atoms with Gasteiger partial charge in [-0.15, -0.1) is 10.2 Å². The lowest BCUT2D eigenvalue weighted by molar-refractivity contribution is -0.118. The molecule has 0 aliphatic rings. The normalized spacial score (nSPS) is 10.6. The van der Waals surface area contributed by atoms with E-state index in [0.717, 1.165) is 17.0 Å². The number of hydrogen-bond acceptors (Lipinski definition) is 6. The van der Waals surface area contributed by atoms with Crippen LogP contribution in [0, 0.1) is 0 Å². The molecule has 3 aromatic rings. The van der Waals surface area contributed by atoms with E-state index in [2.05, 4.69) is 15.6 Å². The molecule has 0 atom stereocenters. The zero-order valence-electron chi connectivity index (χ0n) is 13.8. The summed E-state index contributed by atoms with van der Waals surface area (Å²) < 4.78 is 7.07. The van der Waals surface area contributed by atoms with Crippen molar-refractivity contribution in [1.29, 1.82) is 0 Å². The van der Waals surface area contributed by atoms with Gasteiger partial charge in [0.25, 0.3) is 0 Å². The predicted octanol–water partition coefficient (Wildman–Crippen LogP) is 2.68. The monoisotopic (exact) mass is 389 g/mol. The minimum absolute atomic E-state index is 0.130. The molecule has 26 heavy (non-hydrogen) atoms. The maximum atomic E-state index is 11.5. The molecule has 1 heterocycles. The Labute approximate surface area is 159 Å². The molecule has 0 aliphatic carbocycles. The summed E-state index contributed by atoms with van der Waals surface area (Å²) in [4.78, 5) is 11.5. The molecule has 0 radical (unpaired) electrons. The number of rotatable bonds is 6. The van der Waals surface area contributed by atoms with Crippen LogP contribution in [0.1, 0.15) is 0 Å². The van der Waals surface area contributed by atoms with Crippen molar-refractivity contribution in [2.75, 3.05) is 12.9 Å². The van der Waals surface area contributed by atoms with Crippen molar-refractivity contribution in [3.05, 3.63) is 53.6 Å². The van der Waals surface area contributed by atoms with Crippen LogP contribution in [0.25, 0.3) is 17.1 Å². The molecular weight excluding hydrogens is 374 g/mol. The van der Waals surface area contributed by atoms with Gasteiger partial charge in [0.05, 0.1) is 12.9 Å². The number of hydrazine groups is 1. The maximum Gasteiger partial charge on any atom is 0.244 e. The van der Waals surface area contributed by atoms with Crippen LogP contribution in [0.5, 0.6) is 5.75 Å². The molecular formula is C17H16ClN5O2S. The van der Waals surface area contributed by atoms with Gasteiger partial charge in [-0.1, -0.05) is 23.4 Å². The van der Waals surface area contributed by atoms with Gasteiger partial charge in [0.2, 0.25) is 5.91 Å². The minimum atomic E-state index is -0.299. The first kappa shape index (κ1) is 18.2. The predicted molar refractivity (Wildman–Crippen MR) is 101 cm³/mol. The van der Waals surface area contributed by atoms with E-state index in [0.29, 0.717) is 16.0 Å². The van der Waals surface area contributed by atoms with E-state index in [-0.39, 0.29) is 11.7 Å². The second kappa shape index (κ2) is 8.22. The number of methoxy groups -OCH3 is 1. The number of nitrogens with two attached hydrogens (primary N) is 1. The van der Waals surface area contributed by atoms with E-state index in [1.165, 1.54) is 11.8 Å². The van der Waals surface area contributed by atoms with Crippen molar-refractivity contribution in [1.82, 2.24) is 20.2 Å². The highest BCUT2D eigenvalue weighted by Crippen LogP contribution is 2.29. The molecule has 9 heteroatoms. The molecule has 0 unspecified atom stereocenters. The Kier molecular flexibility index (Phi) is 5.77. The number of aromatic nitrogens is 3. The molecule has 1 amide bonds. The Morgan fingerprint density at radius 1 is 1.19 bits per heavy atom. The van der Waals surface area contributed by atoms with Crippen molar-refractivity contribution in [2.45, 2.75) is 5.16 Å². The highest BCUT2D eigenvalue weighted by atomic mass is 35.5. The van der Waals surface area contributed by atoms with Crippen molar-refractivity contribution >= 4 is 29.3 Å². The number of hydrogen-bond donors (Lipinski definition) is 2. The van der Waals surface area contributed by atoms with Gasteiger partial charge >= 0.3 is 0 Å². The third kappa shape index (κ3) is 3.98. The summed E-state index contributed by atoms with van der Waals surface area (Å²) in [7, 11) is 1.61. The SMILES string of the molecule is COc1ccc(-c2nnc(SCC(=O)NN)n2-c2ccc(Cl)cc2)cc1. The average molecular weight is 390 g/mol. The largest absolute Gasteiger partial charge is 0.497 e. The fourth-order valence-corrected chi connectivity index (χ4v) is 3.17. The number of carbonyl (C=O) groups is 1. The standard InChI is InChI=1S/C17H16ClN5O2S/c1-25-14-8-2-11(3-9-14)16-21-22-17(26-10-15(24)20-19)23(16)13-6-4-12(18)5-7-13/h2-9H,10,19H2,1H3,(H,20,24). The first-order chi connectivity index (χ1) is 12.6. The second-order valence-electron chi connectivity index (χ2n) is 5.20. The van der Waals surface area contributed by atoms with Gasteiger partial charge in [-0.3, -0.25) is 14.8 Å². The first-order valence-corrected chi connectivity index (χ1v) is 8.96. The topological polar surface area (TPSA) is 95.1 Å². The van der Waals surface area contributed by atoms with Gasteiger partial charge < -0.3 is 4.74 Å². The summed E-state index contributed by atoms with van der Waals surface area (Å²) in [6.45, 7) is 0. The summed E-state index contributed by atoms with van der Waals surface area (Å²) in [6, 6.07) is 14.8. The number of benzene rings is 2. The number of nitrogens with one attached hydrogen (secondary N) is 1. The maximum absolute atomic E-state index is 11.5. The lowest BCUT2D eigenvalue weighted by Gasteiger charge is -2.10. The second-order valence-corrected chi connectivity index (χ2v) is 6.58. The molecule has 3 N–H and O–H groups in total. The zero-order chi connectivity index (χ0) is 18.5. The zero-order valence-corrected chi connectivity index (χ0v) is 15.4. The van der Waals surface area contributed by atoms with Gasteiger partial charge in [-0.2, -0.15) is 0 Å². The average Bonchev–Trinajstić information content (AvgIpc) is 3.10. The third-order valence-electron chi connectivity index (χ3n) is 3.56. The summed E-state index contributed by atoms with van der Waals surface area (Å²) in [5.41, 5.74) is 3.80.